The molecular formula is C22H42O13. The number of hydrogen-bond donors (Lipinski definition) is 10. The van der Waals surface area contributed by atoms with Gasteiger partial charge in [-0.05, 0) is 6.42 Å². The van der Waals surface area contributed by atoms with Crippen molar-refractivity contribution >= 4 is 5.97 Å². The van der Waals surface area contributed by atoms with E-state index in [2.05, 4.69) is 6.92 Å². The third-order valence-corrected chi connectivity index (χ3v) is 6.53. The number of hydrogen-bond acceptors (Lipinski definition) is 12. The molecule has 2 rings (SSSR count). The number of carbonyl (C=O) groups is 1. The Labute approximate surface area is 204 Å². The third-order valence-electron chi connectivity index (χ3n) is 6.53. The number of ether oxygens (including phenoxy) is 2. The van der Waals surface area contributed by atoms with E-state index in [-0.39, 0.29) is 0 Å². The van der Waals surface area contributed by atoms with Crippen LogP contribution in [0.1, 0.15) is 58.3 Å². The Morgan fingerprint density at radius 2 is 1.26 bits per heavy atom. The summed E-state index contributed by atoms with van der Waals surface area (Å²) in [5.41, 5.74) is -2.53. The van der Waals surface area contributed by atoms with Gasteiger partial charge in [-0.15, -0.1) is 0 Å². The van der Waals surface area contributed by atoms with Gasteiger partial charge in [0.05, 0.1) is 19.8 Å². The first-order valence-electron chi connectivity index (χ1n) is 12.0. The van der Waals surface area contributed by atoms with Gasteiger partial charge in [0.25, 0.3) is 0 Å². The molecule has 0 bridgehead atoms. The summed E-state index contributed by atoms with van der Waals surface area (Å²) in [4.78, 5) is 10.1. The molecule has 2 aliphatic rings. The maximum absolute atomic E-state index is 10.7. The topological polar surface area (TPSA) is 238 Å². The highest BCUT2D eigenvalue weighted by Crippen LogP contribution is 2.45. The van der Waals surface area contributed by atoms with Gasteiger partial charge in [0.15, 0.2) is 5.60 Å². The minimum atomic E-state index is -2.99. The number of carboxylic acids is 1. The van der Waals surface area contributed by atoms with E-state index in [1.807, 2.05) is 0 Å². The summed E-state index contributed by atoms with van der Waals surface area (Å²) in [6, 6.07) is 0. The number of aliphatic hydroxyl groups is 9. The van der Waals surface area contributed by atoms with Crippen molar-refractivity contribution < 1.29 is 65.3 Å². The summed E-state index contributed by atoms with van der Waals surface area (Å²) in [5.74, 6) is -3.65. The Kier molecular flexibility index (Phi) is 13.5. The maximum atomic E-state index is 10.7. The molecule has 0 aromatic rings. The summed E-state index contributed by atoms with van der Waals surface area (Å²) in [6.45, 7) is -0.613. The molecule has 2 saturated heterocycles. The van der Waals surface area contributed by atoms with Crippen molar-refractivity contribution in [1.29, 1.82) is 0 Å². The summed E-state index contributed by atoms with van der Waals surface area (Å²) in [7, 11) is 0. The predicted molar refractivity (Wildman–Crippen MR) is 119 cm³/mol. The lowest BCUT2D eigenvalue weighted by Crippen LogP contribution is -2.77. The van der Waals surface area contributed by atoms with Gasteiger partial charge in [-0.3, -0.25) is 4.79 Å². The van der Waals surface area contributed by atoms with Crippen LogP contribution in [0.5, 0.6) is 0 Å². The van der Waals surface area contributed by atoms with Crippen molar-refractivity contribution in [2.45, 2.75) is 112 Å². The van der Waals surface area contributed by atoms with Crippen molar-refractivity contribution in [1.82, 2.24) is 0 Å². The minimum Gasteiger partial charge on any atom is -0.481 e. The summed E-state index contributed by atoms with van der Waals surface area (Å²) < 4.78 is 10.2. The summed E-state index contributed by atoms with van der Waals surface area (Å²) >= 11 is 0. The van der Waals surface area contributed by atoms with Crippen LogP contribution in [0.3, 0.4) is 0 Å². The average Bonchev–Trinajstić information content (AvgIpc) is 3.10. The highest BCUT2D eigenvalue weighted by molar-refractivity contribution is 5.66. The van der Waals surface area contributed by atoms with Crippen LogP contribution >= 0.6 is 0 Å². The lowest BCUT2D eigenvalue weighted by atomic mass is 9.78. The van der Waals surface area contributed by atoms with Gasteiger partial charge >= 0.3 is 5.97 Å². The number of rotatable bonds is 12. The van der Waals surface area contributed by atoms with Crippen molar-refractivity contribution in [2.24, 2.45) is 0 Å². The van der Waals surface area contributed by atoms with Gasteiger partial charge in [-0.1, -0.05) is 45.4 Å². The molecule has 0 spiro atoms. The van der Waals surface area contributed by atoms with Gasteiger partial charge in [-0.25, -0.2) is 0 Å². The average molecular weight is 515 g/mol. The first-order valence-corrected chi connectivity index (χ1v) is 12.0. The number of carboxylic acid groups (broad SMARTS) is 1. The molecule has 35 heavy (non-hydrogen) atoms. The minimum absolute atomic E-state index is 0.341. The second kappa shape index (κ2) is 14.7. The van der Waals surface area contributed by atoms with Gasteiger partial charge in [0.2, 0.25) is 5.79 Å². The van der Waals surface area contributed by atoms with Crippen LogP contribution in [0, 0.1) is 0 Å². The van der Waals surface area contributed by atoms with Crippen molar-refractivity contribution in [2.75, 3.05) is 19.8 Å². The molecule has 0 saturated carbocycles. The fourth-order valence-electron chi connectivity index (χ4n) is 4.31. The third kappa shape index (κ3) is 7.29. The maximum Gasteiger partial charge on any atom is 0.303 e. The molecule has 0 amide bonds. The smallest absolute Gasteiger partial charge is 0.303 e. The Bertz CT molecular complexity index is 620. The Balaban J connectivity index is 0.000000434. The van der Waals surface area contributed by atoms with Crippen molar-refractivity contribution in [3.63, 3.8) is 0 Å². The van der Waals surface area contributed by atoms with Crippen molar-refractivity contribution in [3.8, 4) is 0 Å². The zero-order valence-electron chi connectivity index (χ0n) is 20.0. The Morgan fingerprint density at radius 1 is 0.743 bits per heavy atom. The lowest BCUT2D eigenvalue weighted by molar-refractivity contribution is -0.415. The number of aliphatic hydroxyl groups excluding tert-OH is 8. The molecule has 2 heterocycles. The molecule has 208 valence electrons. The molecule has 13 nitrogen and oxygen atoms in total. The lowest BCUT2D eigenvalue weighted by Gasteiger charge is -2.53. The highest BCUT2D eigenvalue weighted by Gasteiger charge is 2.71. The van der Waals surface area contributed by atoms with E-state index in [0.717, 1.165) is 12.8 Å². The molecular weight excluding hydrogens is 472 g/mol. The number of aliphatic carboxylic acids is 1. The Morgan fingerprint density at radius 3 is 1.71 bits per heavy atom. The monoisotopic (exact) mass is 514 g/mol. The SMILES string of the molecule is CCCCCCCCCC(=O)O.OC[C@H]1O[C@@](CO)([C@]2(O)O[C@H](CO)[C@@H](O)[C@H](O)[C@H]2O)[C@@H](O)[C@@H]1O. The van der Waals surface area contributed by atoms with Crippen LogP contribution in [-0.2, 0) is 14.3 Å². The van der Waals surface area contributed by atoms with Gasteiger partial charge in [0, 0.05) is 6.42 Å². The first kappa shape index (κ1) is 32.1. The largest absolute Gasteiger partial charge is 0.481 e. The molecule has 10 N–H and O–H groups in total. The van der Waals surface area contributed by atoms with E-state index in [1.165, 1.54) is 32.1 Å². The van der Waals surface area contributed by atoms with Crippen LogP contribution in [0.15, 0.2) is 0 Å². The second-order valence-corrected chi connectivity index (χ2v) is 9.05. The molecule has 2 aliphatic heterocycles. The molecule has 13 heteroatoms. The molecule has 0 aliphatic carbocycles. The number of unbranched alkanes of at least 4 members (excludes halogenated alkanes) is 6. The Hall–Kier alpha value is -0.970. The van der Waals surface area contributed by atoms with Crippen LogP contribution < -0.4 is 0 Å². The quantitative estimate of drug-likeness (QED) is 0.119. The predicted octanol–water partition coefficient (Wildman–Crippen LogP) is -2.80. The molecule has 0 aromatic carbocycles. The van der Waals surface area contributed by atoms with Gasteiger partial charge in [0.1, 0.15) is 42.7 Å². The van der Waals surface area contributed by atoms with E-state index in [4.69, 9.17) is 24.8 Å². The van der Waals surface area contributed by atoms with Crippen molar-refractivity contribution in [3.05, 3.63) is 0 Å². The summed E-state index contributed by atoms with van der Waals surface area (Å²) in [6.07, 6.45) is -4.10. The van der Waals surface area contributed by atoms with Gasteiger partial charge in [-0.2, -0.15) is 0 Å². The van der Waals surface area contributed by atoms with E-state index in [0.29, 0.717) is 6.42 Å². The zero-order valence-corrected chi connectivity index (χ0v) is 20.0. The first-order chi connectivity index (χ1) is 16.5. The fourth-order valence-corrected chi connectivity index (χ4v) is 4.31. The van der Waals surface area contributed by atoms with E-state index >= 15 is 0 Å². The van der Waals surface area contributed by atoms with E-state index in [9.17, 15) is 40.5 Å². The molecule has 0 unspecified atom stereocenters. The highest BCUT2D eigenvalue weighted by atomic mass is 16.7. The molecule has 9 atom stereocenters. The van der Waals surface area contributed by atoms with E-state index in [1.54, 1.807) is 0 Å². The fraction of sp³-hybridized carbons (Fsp3) is 0.955. The molecule has 2 fully saturated rings. The molecule has 0 radical (unpaired) electrons. The molecule has 0 aromatic heterocycles. The van der Waals surface area contributed by atoms with Crippen LogP contribution in [-0.4, -0.2) is 131 Å². The van der Waals surface area contributed by atoms with Gasteiger partial charge < -0.3 is 60.5 Å². The van der Waals surface area contributed by atoms with Crippen LogP contribution in [0.2, 0.25) is 0 Å². The summed E-state index contributed by atoms with van der Waals surface area (Å²) in [5, 5.41) is 96.6. The standard InChI is InChI=1S/C12H22O11.C10H20O2/c13-1-4-6(16)8(18)10(20)12(21,23-4)11(3-15)9(19)7(17)5(2-14)22-11;1-2-3-4-5-6-7-8-9-10(11)12/h4-10,13-21H,1-3H2;2-9H2,1H3,(H,11,12)/t4-,5-,6-,7-,8+,9+,10-,11-,12-;/m1./s1. The zero-order chi connectivity index (χ0) is 26.8. The van der Waals surface area contributed by atoms with Crippen LogP contribution in [0.25, 0.3) is 0 Å². The van der Waals surface area contributed by atoms with Crippen LogP contribution in [0.4, 0.5) is 0 Å². The normalized spacial score (nSPS) is 39.2. The van der Waals surface area contributed by atoms with E-state index < -0.39 is 79.9 Å². The second-order valence-electron chi connectivity index (χ2n) is 9.05.